The summed E-state index contributed by atoms with van der Waals surface area (Å²) < 4.78 is 0. The average molecular weight is 229 g/mol. The van der Waals surface area contributed by atoms with Gasteiger partial charge in [0.2, 0.25) is 5.95 Å². The van der Waals surface area contributed by atoms with Crippen LogP contribution in [0, 0.1) is 0 Å². The third-order valence-electron chi connectivity index (χ3n) is 2.20. The van der Waals surface area contributed by atoms with Crippen molar-refractivity contribution in [2.45, 2.75) is 6.42 Å². The monoisotopic (exact) mass is 229 g/mol. The fourth-order valence-electron chi connectivity index (χ4n) is 1.52. The van der Waals surface area contributed by atoms with Gasteiger partial charge in [0.15, 0.2) is 0 Å². The Balaban J connectivity index is 2.42. The lowest BCUT2D eigenvalue weighted by Crippen LogP contribution is -2.06. The number of rotatable bonds is 3. The Morgan fingerprint density at radius 2 is 1.94 bits per heavy atom. The topological polar surface area (TPSA) is 89.1 Å². The molecule has 1 aromatic heterocycles. The second-order valence-corrected chi connectivity index (χ2v) is 3.54. The molecule has 0 spiro atoms. The average Bonchev–Trinajstić information content (AvgIpc) is 2.28. The molecular weight excluding hydrogens is 218 g/mol. The number of hydrogen-bond acceptors (Lipinski definition) is 4. The molecule has 5 heteroatoms. The summed E-state index contributed by atoms with van der Waals surface area (Å²) in [7, 11) is 0. The van der Waals surface area contributed by atoms with Gasteiger partial charge in [0.1, 0.15) is 0 Å². The first kappa shape index (κ1) is 11.1. The second kappa shape index (κ2) is 4.61. The minimum Gasteiger partial charge on any atom is -0.481 e. The number of nitrogens with two attached hydrogens (primary N) is 1. The van der Waals surface area contributed by atoms with E-state index < -0.39 is 5.97 Å². The molecular formula is C12H11N3O2. The van der Waals surface area contributed by atoms with Crippen molar-refractivity contribution >= 4 is 11.9 Å². The fourth-order valence-corrected chi connectivity index (χ4v) is 1.52. The molecule has 0 aliphatic heterocycles. The van der Waals surface area contributed by atoms with E-state index in [1.54, 1.807) is 6.07 Å². The van der Waals surface area contributed by atoms with Gasteiger partial charge in [0, 0.05) is 5.56 Å². The van der Waals surface area contributed by atoms with Crippen LogP contribution in [0.3, 0.4) is 0 Å². The zero-order valence-corrected chi connectivity index (χ0v) is 9.00. The van der Waals surface area contributed by atoms with E-state index in [4.69, 9.17) is 10.8 Å². The first-order valence-corrected chi connectivity index (χ1v) is 5.06. The highest BCUT2D eigenvalue weighted by molar-refractivity contribution is 5.70. The van der Waals surface area contributed by atoms with E-state index in [0.29, 0.717) is 11.4 Å². The molecule has 86 valence electrons. The minimum atomic E-state index is -0.942. The fraction of sp³-hybridized carbons (Fsp3) is 0.0833. The number of nitrogen functional groups attached to an aromatic ring is 1. The van der Waals surface area contributed by atoms with Gasteiger partial charge in [-0.05, 0) is 6.07 Å². The number of anilines is 1. The van der Waals surface area contributed by atoms with Gasteiger partial charge in [-0.3, -0.25) is 4.79 Å². The predicted octanol–water partition coefficient (Wildman–Crippen LogP) is 1.35. The Kier molecular flexibility index (Phi) is 3.00. The number of hydrogen-bond donors (Lipinski definition) is 2. The quantitative estimate of drug-likeness (QED) is 0.829. The summed E-state index contributed by atoms with van der Waals surface area (Å²) in [5.74, 6) is -0.857. The van der Waals surface area contributed by atoms with Gasteiger partial charge in [0.25, 0.3) is 0 Å². The van der Waals surface area contributed by atoms with Crippen LogP contribution in [0.4, 0.5) is 5.95 Å². The summed E-state index contributed by atoms with van der Waals surface area (Å²) in [4.78, 5) is 18.6. The van der Waals surface area contributed by atoms with Crippen LogP contribution in [-0.2, 0) is 11.2 Å². The summed E-state index contributed by atoms with van der Waals surface area (Å²) in [6, 6.07) is 11.1. The Labute approximate surface area is 98.0 Å². The van der Waals surface area contributed by atoms with Crippen LogP contribution in [0.15, 0.2) is 36.4 Å². The van der Waals surface area contributed by atoms with E-state index in [1.165, 1.54) is 0 Å². The maximum absolute atomic E-state index is 10.6. The maximum Gasteiger partial charge on any atom is 0.309 e. The molecule has 0 atom stereocenters. The summed E-state index contributed by atoms with van der Waals surface area (Å²) in [6.45, 7) is 0. The van der Waals surface area contributed by atoms with Gasteiger partial charge >= 0.3 is 5.97 Å². The van der Waals surface area contributed by atoms with Gasteiger partial charge in [0.05, 0.1) is 17.8 Å². The molecule has 5 nitrogen and oxygen atoms in total. The largest absolute Gasteiger partial charge is 0.481 e. The van der Waals surface area contributed by atoms with Crippen molar-refractivity contribution in [3.8, 4) is 11.3 Å². The Hall–Kier alpha value is -2.43. The third-order valence-corrected chi connectivity index (χ3v) is 2.20. The van der Waals surface area contributed by atoms with Gasteiger partial charge in [-0.2, -0.15) is 0 Å². The molecule has 0 amide bonds. The molecule has 2 rings (SSSR count). The lowest BCUT2D eigenvalue weighted by Gasteiger charge is -2.04. The number of nitrogens with zero attached hydrogens (tertiary/aromatic N) is 2. The zero-order valence-electron chi connectivity index (χ0n) is 9.00. The van der Waals surface area contributed by atoms with Crippen molar-refractivity contribution in [3.05, 3.63) is 42.1 Å². The first-order valence-electron chi connectivity index (χ1n) is 5.06. The lowest BCUT2D eigenvalue weighted by atomic mass is 10.1. The van der Waals surface area contributed by atoms with Crippen LogP contribution in [-0.4, -0.2) is 21.0 Å². The van der Waals surface area contributed by atoms with Gasteiger partial charge in [-0.25, -0.2) is 9.97 Å². The first-order chi connectivity index (χ1) is 8.15. The molecule has 1 aromatic carbocycles. The van der Waals surface area contributed by atoms with E-state index in [9.17, 15) is 4.79 Å². The molecule has 17 heavy (non-hydrogen) atoms. The van der Waals surface area contributed by atoms with Crippen LogP contribution in [0.1, 0.15) is 5.69 Å². The lowest BCUT2D eigenvalue weighted by molar-refractivity contribution is -0.136. The molecule has 0 unspecified atom stereocenters. The molecule has 2 aromatic rings. The standard InChI is InChI=1S/C12H11N3O2/c13-12-14-9(7-11(16)17)6-10(15-12)8-4-2-1-3-5-8/h1-6H,7H2,(H,16,17)(H2,13,14,15). The van der Waals surface area contributed by atoms with Crippen molar-refractivity contribution in [1.29, 1.82) is 0 Å². The maximum atomic E-state index is 10.6. The normalized spacial score (nSPS) is 10.1. The van der Waals surface area contributed by atoms with E-state index >= 15 is 0 Å². The number of carbonyl (C=O) groups is 1. The number of carboxylic acid groups (broad SMARTS) is 1. The van der Waals surface area contributed by atoms with E-state index in [0.717, 1.165) is 5.56 Å². The van der Waals surface area contributed by atoms with E-state index in [2.05, 4.69) is 9.97 Å². The smallest absolute Gasteiger partial charge is 0.309 e. The molecule has 0 aliphatic rings. The predicted molar refractivity (Wildman–Crippen MR) is 63.2 cm³/mol. The van der Waals surface area contributed by atoms with Gasteiger partial charge in [-0.1, -0.05) is 30.3 Å². The van der Waals surface area contributed by atoms with Crippen molar-refractivity contribution < 1.29 is 9.90 Å². The van der Waals surface area contributed by atoms with Crippen LogP contribution >= 0.6 is 0 Å². The third kappa shape index (κ3) is 2.78. The highest BCUT2D eigenvalue weighted by atomic mass is 16.4. The Morgan fingerprint density at radius 3 is 2.59 bits per heavy atom. The number of aliphatic carboxylic acids is 1. The van der Waals surface area contributed by atoms with Crippen LogP contribution < -0.4 is 5.73 Å². The van der Waals surface area contributed by atoms with E-state index in [1.807, 2.05) is 30.3 Å². The van der Waals surface area contributed by atoms with Crippen LogP contribution in [0.25, 0.3) is 11.3 Å². The van der Waals surface area contributed by atoms with Gasteiger partial charge in [-0.15, -0.1) is 0 Å². The highest BCUT2D eigenvalue weighted by Crippen LogP contribution is 2.18. The van der Waals surface area contributed by atoms with Crippen molar-refractivity contribution in [3.63, 3.8) is 0 Å². The van der Waals surface area contributed by atoms with Crippen LogP contribution in [0.2, 0.25) is 0 Å². The Morgan fingerprint density at radius 1 is 1.24 bits per heavy atom. The summed E-state index contributed by atoms with van der Waals surface area (Å²) in [5, 5.41) is 8.72. The number of carboxylic acids is 1. The van der Waals surface area contributed by atoms with Crippen molar-refractivity contribution in [2.75, 3.05) is 5.73 Å². The zero-order chi connectivity index (χ0) is 12.3. The molecule has 1 heterocycles. The molecule has 0 fully saturated rings. The molecule has 0 aliphatic carbocycles. The molecule has 0 saturated carbocycles. The highest BCUT2D eigenvalue weighted by Gasteiger charge is 2.07. The molecule has 0 radical (unpaired) electrons. The number of benzene rings is 1. The summed E-state index contributed by atoms with van der Waals surface area (Å²) >= 11 is 0. The SMILES string of the molecule is Nc1nc(CC(=O)O)cc(-c2ccccc2)n1. The summed E-state index contributed by atoms with van der Waals surface area (Å²) in [5.41, 5.74) is 7.48. The molecule has 3 N–H and O–H groups in total. The molecule has 0 bridgehead atoms. The van der Waals surface area contributed by atoms with Crippen molar-refractivity contribution in [1.82, 2.24) is 9.97 Å². The van der Waals surface area contributed by atoms with Crippen LogP contribution in [0.5, 0.6) is 0 Å². The van der Waals surface area contributed by atoms with Gasteiger partial charge < -0.3 is 10.8 Å². The Bertz CT molecular complexity index is 541. The summed E-state index contributed by atoms with van der Waals surface area (Å²) in [6.07, 6.45) is -0.160. The second-order valence-electron chi connectivity index (χ2n) is 3.54. The number of aromatic nitrogens is 2. The van der Waals surface area contributed by atoms with E-state index in [-0.39, 0.29) is 12.4 Å². The molecule has 0 saturated heterocycles. The minimum absolute atomic E-state index is 0.0857. The van der Waals surface area contributed by atoms with Crippen molar-refractivity contribution in [2.24, 2.45) is 0 Å².